The summed E-state index contributed by atoms with van der Waals surface area (Å²) in [6.07, 6.45) is 0. The molecule has 1 aromatic rings. The summed E-state index contributed by atoms with van der Waals surface area (Å²) in [5.41, 5.74) is 4.81. The molecule has 0 saturated carbocycles. The van der Waals surface area contributed by atoms with Crippen molar-refractivity contribution in [1.29, 1.82) is 0 Å². The third-order valence-electron chi connectivity index (χ3n) is 1.34. The van der Waals surface area contributed by atoms with E-state index >= 15 is 0 Å². The number of aromatic nitrogens is 1. The van der Waals surface area contributed by atoms with E-state index in [2.05, 4.69) is 4.98 Å². The van der Waals surface area contributed by atoms with E-state index in [1.165, 1.54) is 0 Å². The van der Waals surface area contributed by atoms with E-state index in [0.717, 1.165) is 0 Å². The molecule has 11 heavy (non-hydrogen) atoms. The smallest absolute Gasteiger partial charge is 0.217 e. The summed E-state index contributed by atoms with van der Waals surface area (Å²) in [7, 11) is 0. The number of oxazole rings is 1. The van der Waals surface area contributed by atoms with Gasteiger partial charge >= 0.3 is 0 Å². The fraction of sp³-hybridized carbons (Fsp3) is 0.571. The molecule has 62 valence electrons. The molecule has 0 unspecified atom stereocenters. The van der Waals surface area contributed by atoms with Gasteiger partial charge in [0.2, 0.25) is 5.88 Å². The lowest BCUT2D eigenvalue weighted by Gasteiger charge is -2.13. The summed E-state index contributed by atoms with van der Waals surface area (Å²) in [4.78, 5) is 3.94. The van der Waals surface area contributed by atoms with Gasteiger partial charge in [-0.3, -0.25) is 0 Å². The molecule has 0 aliphatic heterocycles. The van der Waals surface area contributed by atoms with Crippen molar-refractivity contribution in [2.45, 2.75) is 26.4 Å². The van der Waals surface area contributed by atoms with Crippen LogP contribution in [0.5, 0.6) is 0 Å². The molecule has 1 heterocycles. The molecule has 0 bridgehead atoms. The Kier molecular flexibility index (Phi) is 1.64. The second-order valence-electron chi connectivity index (χ2n) is 3.00. The van der Waals surface area contributed by atoms with Gasteiger partial charge in [-0.25, -0.2) is 4.98 Å². The predicted octanol–water partition coefficient (Wildman–Crippen LogP) is 0.793. The fourth-order valence-corrected chi connectivity index (χ4v) is 0.881. The van der Waals surface area contributed by atoms with Gasteiger partial charge in [-0.15, -0.1) is 0 Å². The Morgan fingerprint density at radius 1 is 1.55 bits per heavy atom. The first-order valence-electron chi connectivity index (χ1n) is 3.37. The highest BCUT2D eigenvalue weighted by molar-refractivity contribution is 5.34. The third kappa shape index (κ3) is 1.51. The van der Waals surface area contributed by atoms with Crippen LogP contribution in [0.2, 0.25) is 0 Å². The van der Waals surface area contributed by atoms with Crippen LogP contribution in [0.3, 0.4) is 0 Å². The molecule has 1 aromatic heterocycles. The lowest BCUT2D eigenvalue weighted by Crippen LogP contribution is -2.17. The number of anilines is 1. The summed E-state index contributed by atoms with van der Waals surface area (Å²) in [6.45, 7) is 4.91. The highest BCUT2D eigenvalue weighted by atomic mass is 16.4. The van der Waals surface area contributed by atoms with Gasteiger partial charge in [0.15, 0.2) is 5.89 Å². The topological polar surface area (TPSA) is 72.3 Å². The number of nitrogens with zero attached hydrogens (tertiary/aromatic N) is 1. The highest BCUT2D eigenvalue weighted by Crippen LogP contribution is 2.24. The van der Waals surface area contributed by atoms with Crippen molar-refractivity contribution in [3.8, 4) is 0 Å². The second kappa shape index (κ2) is 2.23. The number of rotatable bonds is 1. The molecule has 0 saturated heterocycles. The maximum atomic E-state index is 9.48. The summed E-state index contributed by atoms with van der Waals surface area (Å²) < 4.78 is 4.95. The average molecular weight is 156 g/mol. The normalized spacial score (nSPS) is 12.0. The van der Waals surface area contributed by atoms with E-state index in [1.54, 1.807) is 20.8 Å². The SMILES string of the molecule is Cc1nc(C(C)(C)O)c(N)o1. The monoisotopic (exact) mass is 156 g/mol. The fourth-order valence-electron chi connectivity index (χ4n) is 0.881. The quantitative estimate of drug-likeness (QED) is 0.630. The van der Waals surface area contributed by atoms with Crippen LogP contribution in [0.15, 0.2) is 4.42 Å². The van der Waals surface area contributed by atoms with Crippen molar-refractivity contribution in [3.05, 3.63) is 11.6 Å². The van der Waals surface area contributed by atoms with Crippen molar-refractivity contribution < 1.29 is 9.52 Å². The molecular weight excluding hydrogens is 144 g/mol. The zero-order valence-corrected chi connectivity index (χ0v) is 6.88. The van der Waals surface area contributed by atoms with Crippen LogP contribution >= 0.6 is 0 Å². The zero-order valence-electron chi connectivity index (χ0n) is 6.88. The van der Waals surface area contributed by atoms with Crippen LogP contribution in [-0.4, -0.2) is 10.1 Å². The first-order valence-corrected chi connectivity index (χ1v) is 3.37. The molecule has 0 spiro atoms. The number of nitrogens with two attached hydrogens (primary N) is 1. The lowest BCUT2D eigenvalue weighted by molar-refractivity contribution is 0.0748. The summed E-state index contributed by atoms with van der Waals surface area (Å²) in [5, 5.41) is 9.48. The minimum Gasteiger partial charge on any atom is -0.425 e. The van der Waals surface area contributed by atoms with Gasteiger partial charge < -0.3 is 15.3 Å². The van der Waals surface area contributed by atoms with Crippen LogP contribution in [0.4, 0.5) is 5.88 Å². The standard InChI is InChI=1S/C7H12N2O2/c1-4-9-5(6(8)11-4)7(2,3)10/h10H,8H2,1-3H3. The number of aliphatic hydroxyl groups is 1. The van der Waals surface area contributed by atoms with Crippen molar-refractivity contribution >= 4 is 5.88 Å². The first-order chi connectivity index (χ1) is 4.91. The van der Waals surface area contributed by atoms with Gasteiger partial charge in [-0.1, -0.05) is 0 Å². The van der Waals surface area contributed by atoms with E-state index in [-0.39, 0.29) is 5.88 Å². The van der Waals surface area contributed by atoms with Crippen molar-refractivity contribution in [1.82, 2.24) is 4.98 Å². The molecule has 3 N–H and O–H groups in total. The molecule has 0 aromatic carbocycles. The Balaban J connectivity index is 3.13. The van der Waals surface area contributed by atoms with Gasteiger partial charge in [-0.2, -0.15) is 0 Å². The van der Waals surface area contributed by atoms with Gasteiger partial charge in [-0.05, 0) is 13.8 Å². The van der Waals surface area contributed by atoms with Crippen molar-refractivity contribution in [2.24, 2.45) is 0 Å². The zero-order chi connectivity index (χ0) is 8.65. The number of hydrogen-bond donors (Lipinski definition) is 2. The molecule has 0 atom stereocenters. The van der Waals surface area contributed by atoms with Crippen LogP contribution in [0.1, 0.15) is 25.4 Å². The van der Waals surface area contributed by atoms with E-state index in [9.17, 15) is 5.11 Å². The van der Waals surface area contributed by atoms with E-state index in [4.69, 9.17) is 10.2 Å². The average Bonchev–Trinajstić information content (AvgIpc) is 2.08. The van der Waals surface area contributed by atoms with Crippen LogP contribution in [-0.2, 0) is 5.60 Å². The minimum atomic E-state index is -1.03. The molecule has 4 nitrogen and oxygen atoms in total. The predicted molar refractivity (Wildman–Crippen MR) is 40.9 cm³/mol. The molecule has 0 aliphatic rings. The Hall–Kier alpha value is -1.03. The molecular formula is C7H12N2O2. The molecule has 4 heteroatoms. The Morgan fingerprint density at radius 3 is 2.27 bits per heavy atom. The van der Waals surface area contributed by atoms with Gasteiger partial charge in [0.05, 0.1) is 0 Å². The molecule has 0 fully saturated rings. The van der Waals surface area contributed by atoms with Crippen molar-refractivity contribution in [2.75, 3.05) is 5.73 Å². The van der Waals surface area contributed by atoms with Gasteiger partial charge in [0, 0.05) is 6.92 Å². The van der Waals surface area contributed by atoms with Crippen LogP contribution in [0, 0.1) is 6.92 Å². The maximum Gasteiger partial charge on any atom is 0.217 e. The van der Waals surface area contributed by atoms with Crippen LogP contribution in [0.25, 0.3) is 0 Å². The third-order valence-corrected chi connectivity index (χ3v) is 1.34. The summed E-state index contributed by atoms with van der Waals surface area (Å²) in [5.74, 6) is 0.662. The molecule has 0 amide bonds. The van der Waals surface area contributed by atoms with E-state index in [0.29, 0.717) is 11.6 Å². The molecule has 0 radical (unpaired) electrons. The molecule has 0 aliphatic carbocycles. The Morgan fingerprint density at radius 2 is 2.09 bits per heavy atom. The van der Waals surface area contributed by atoms with Gasteiger partial charge in [0.25, 0.3) is 0 Å². The van der Waals surface area contributed by atoms with Crippen molar-refractivity contribution in [3.63, 3.8) is 0 Å². The van der Waals surface area contributed by atoms with E-state index in [1.807, 2.05) is 0 Å². The summed E-state index contributed by atoms with van der Waals surface area (Å²) >= 11 is 0. The van der Waals surface area contributed by atoms with Gasteiger partial charge in [0.1, 0.15) is 11.3 Å². The lowest BCUT2D eigenvalue weighted by atomic mass is 10.1. The van der Waals surface area contributed by atoms with Crippen LogP contribution < -0.4 is 5.73 Å². The minimum absolute atomic E-state index is 0.190. The molecule has 1 rings (SSSR count). The second-order valence-corrected chi connectivity index (χ2v) is 3.00. The Bertz CT molecular complexity index is 260. The largest absolute Gasteiger partial charge is 0.425 e. The summed E-state index contributed by atoms with van der Waals surface area (Å²) in [6, 6.07) is 0. The van der Waals surface area contributed by atoms with E-state index < -0.39 is 5.60 Å². The Labute approximate surface area is 65.0 Å². The first kappa shape index (κ1) is 8.07. The number of nitrogen functional groups attached to an aromatic ring is 1. The highest BCUT2D eigenvalue weighted by Gasteiger charge is 2.24. The number of aryl methyl sites for hydroxylation is 1. The maximum absolute atomic E-state index is 9.48. The number of hydrogen-bond acceptors (Lipinski definition) is 4.